The van der Waals surface area contributed by atoms with Gasteiger partial charge < -0.3 is 9.32 Å². The molecular weight excluding hydrogens is 324 g/mol. The summed E-state index contributed by atoms with van der Waals surface area (Å²) in [5.41, 5.74) is 4.41. The van der Waals surface area contributed by atoms with Gasteiger partial charge in [0.15, 0.2) is 0 Å². The molecule has 1 fully saturated rings. The lowest BCUT2D eigenvalue weighted by atomic mass is 9.73. The minimum absolute atomic E-state index is 0.235. The summed E-state index contributed by atoms with van der Waals surface area (Å²) in [6.45, 7) is 3.18. The molecule has 2 aromatic rings. The van der Waals surface area contributed by atoms with E-state index in [2.05, 4.69) is 35.2 Å². The zero-order valence-electron chi connectivity index (χ0n) is 15.8. The van der Waals surface area contributed by atoms with Crippen molar-refractivity contribution in [2.75, 3.05) is 27.2 Å². The molecule has 2 heterocycles. The number of rotatable bonds is 4. The number of furan rings is 1. The van der Waals surface area contributed by atoms with E-state index in [0.29, 0.717) is 12.3 Å². The van der Waals surface area contributed by atoms with Crippen molar-refractivity contribution in [2.24, 2.45) is 0 Å². The van der Waals surface area contributed by atoms with Gasteiger partial charge in [-0.25, -0.2) is 0 Å². The van der Waals surface area contributed by atoms with E-state index in [1.54, 1.807) is 11.2 Å². The van der Waals surface area contributed by atoms with E-state index in [-0.39, 0.29) is 11.3 Å². The first-order valence-corrected chi connectivity index (χ1v) is 9.60. The highest BCUT2D eigenvalue weighted by Crippen LogP contribution is 2.52. The molecule has 26 heavy (non-hydrogen) atoms. The molecule has 1 aromatic heterocycles. The van der Waals surface area contributed by atoms with Crippen molar-refractivity contribution < 1.29 is 9.21 Å². The molecule has 1 atom stereocenters. The Kier molecular flexibility index (Phi) is 4.62. The van der Waals surface area contributed by atoms with Crippen LogP contribution in [0.4, 0.5) is 0 Å². The molecule has 1 amide bonds. The van der Waals surface area contributed by atoms with Crippen LogP contribution in [0.2, 0.25) is 0 Å². The number of piperidine rings is 1. The van der Waals surface area contributed by atoms with Gasteiger partial charge >= 0.3 is 0 Å². The van der Waals surface area contributed by atoms with Crippen LogP contribution in [0.3, 0.4) is 0 Å². The van der Waals surface area contributed by atoms with Gasteiger partial charge in [-0.15, -0.1) is 0 Å². The maximum atomic E-state index is 12.3. The zero-order valence-corrected chi connectivity index (χ0v) is 15.8. The first kappa shape index (κ1) is 17.3. The lowest BCUT2D eigenvalue weighted by molar-refractivity contribution is -0.129. The molecule has 0 radical (unpaired) electrons. The maximum Gasteiger partial charge on any atom is 0.222 e. The summed E-state index contributed by atoms with van der Waals surface area (Å²) in [5.74, 6) is 0.598. The normalized spacial score (nSPS) is 21.7. The van der Waals surface area contributed by atoms with Gasteiger partial charge in [-0.05, 0) is 60.9 Å². The molecule has 0 saturated carbocycles. The number of benzene rings is 1. The second-order valence-electron chi connectivity index (χ2n) is 8.17. The van der Waals surface area contributed by atoms with Crippen LogP contribution < -0.4 is 0 Å². The summed E-state index contributed by atoms with van der Waals surface area (Å²) < 4.78 is 5.20. The fourth-order valence-electron chi connectivity index (χ4n) is 4.86. The number of hydrogen-bond acceptors (Lipinski definition) is 3. The molecule has 0 unspecified atom stereocenters. The minimum Gasteiger partial charge on any atom is -0.472 e. The number of fused-ring (bicyclic) bond motifs is 2. The van der Waals surface area contributed by atoms with Crippen LogP contribution in [-0.2, 0) is 16.8 Å². The van der Waals surface area contributed by atoms with E-state index in [0.717, 1.165) is 26.1 Å². The van der Waals surface area contributed by atoms with E-state index in [4.69, 9.17) is 4.42 Å². The lowest BCUT2D eigenvalue weighted by Gasteiger charge is -2.40. The minimum atomic E-state index is 0.235. The van der Waals surface area contributed by atoms with Crippen molar-refractivity contribution in [3.05, 3.63) is 59.5 Å². The molecule has 4 nitrogen and oxygen atoms in total. The fraction of sp³-hybridized carbons (Fsp3) is 0.500. The van der Waals surface area contributed by atoms with Crippen molar-refractivity contribution in [3.8, 4) is 0 Å². The van der Waals surface area contributed by atoms with E-state index >= 15 is 0 Å². The van der Waals surface area contributed by atoms with Gasteiger partial charge in [-0.1, -0.05) is 24.3 Å². The van der Waals surface area contributed by atoms with Crippen LogP contribution in [0.25, 0.3) is 0 Å². The summed E-state index contributed by atoms with van der Waals surface area (Å²) in [5, 5.41) is 0. The highest BCUT2D eigenvalue weighted by atomic mass is 16.3. The van der Waals surface area contributed by atoms with Gasteiger partial charge in [0.25, 0.3) is 0 Å². The molecule has 0 bridgehead atoms. The Bertz CT molecular complexity index is 758. The summed E-state index contributed by atoms with van der Waals surface area (Å²) in [6.07, 6.45) is 7.69. The molecule has 138 valence electrons. The van der Waals surface area contributed by atoms with E-state index in [1.165, 1.54) is 29.5 Å². The molecule has 1 aliphatic carbocycles. The van der Waals surface area contributed by atoms with Crippen molar-refractivity contribution in [1.82, 2.24) is 9.80 Å². The molecule has 0 N–H and O–H groups in total. The first-order chi connectivity index (χ1) is 12.6. The Balaban J connectivity index is 1.49. The van der Waals surface area contributed by atoms with Gasteiger partial charge in [0.1, 0.15) is 0 Å². The van der Waals surface area contributed by atoms with Gasteiger partial charge in [-0.3, -0.25) is 9.69 Å². The first-order valence-electron chi connectivity index (χ1n) is 9.60. The number of amides is 1. The van der Waals surface area contributed by atoms with Crippen LogP contribution in [0.5, 0.6) is 0 Å². The Morgan fingerprint density at radius 1 is 1.23 bits per heavy atom. The molecule has 4 rings (SSSR count). The smallest absolute Gasteiger partial charge is 0.222 e. The molecule has 1 spiro atoms. The number of nitrogens with zero attached hydrogens (tertiary/aromatic N) is 2. The van der Waals surface area contributed by atoms with Crippen LogP contribution in [-0.4, -0.2) is 42.9 Å². The van der Waals surface area contributed by atoms with Crippen molar-refractivity contribution in [2.45, 2.75) is 43.6 Å². The van der Waals surface area contributed by atoms with Gasteiger partial charge in [0, 0.05) is 32.6 Å². The highest BCUT2D eigenvalue weighted by molar-refractivity contribution is 5.77. The standard InChI is InChI=1S/C22H28N2O2/c1-23(2)21(25)13-18-14-22(20-6-4-3-5-19(18)20)8-10-24(11-9-22)15-17-7-12-26-16-17/h3-7,12,16,18H,8-11,13-15H2,1-2H3/t18-/m1/s1. The monoisotopic (exact) mass is 352 g/mol. The van der Waals surface area contributed by atoms with Crippen molar-refractivity contribution >= 4 is 5.91 Å². The van der Waals surface area contributed by atoms with E-state index < -0.39 is 0 Å². The molecule has 1 aromatic carbocycles. The number of carbonyl (C=O) groups excluding carboxylic acids is 1. The van der Waals surface area contributed by atoms with Gasteiger partial charge in [-0.2, -0.15) is 0 Å². The Labute approximate surface area is 155 Å². The number of hydrogen-bond donors (Lipinski definition) is 0. The molecule has 1 saturated heterocycles. The Morgan fingerprint density at radius 2 is 2.00 bits per heavy atom. The van der Waals surface area contributed by atoms with Crippen LogP contribution in [0, 0.1) is 0 Å². The Hall–Kier alpha value is -2.07. The van der Waals surface area contributed by atoms with Crippen molar-refractivity contribution in [3.63, 3.8) is 0 Å². The average Bonchev–Trinajstić information content (AvgIpc) is 3.25. The van der Waals surface area contributed by atoms with Crippen LogP contribution >= 0.6 is 0 Å². The number of carbonyl (C=O) groups is 1. The topological polar surface area (TPSA) is 36.7 Å². The zero-order chi connectivity index (χ0) is 18.1. The van der Waals surface area contributed by atoms with E-state index in [9.17, 15) is 4.79 Å². The third-order valence-electron chi connectivity index (χ3n) is 6.33. The van der Waals surface area contributed by atoms with Gasteiger partial charge in [0.05, 0.1) is 12.5 Å². The average molecular weight is 352 g/mol. The SMILES string of the molecule is CN(C)C(=O)C[C@@H]1CC2(CCN(Cc3ccoc3)CC2)c2ccccc21. The summed E-state index contributed by atoms with van der Waals surface area (Å²) in [6, 6.07) is 10.9. The third-order valence-corrected chi connectivity index (χ3v) is 6.33. The third kappa shape index (κ3) is 3.18. The molecule has 1 aliphatic heterocycles. The van der Waals surface area contributed by atoms with Crippen LogP contribution in [0.1, 0.15) is 48.3 Å². The molecule has 4 heteroatoms. The lowest BCUT2D eigenvalue weighted by Crippen LogP contribution is -2.41. The predicted octanol–water partition coefficient (Wildman–Crippen LogP) is 3.78. The van der Waals surface area contributed by atoms with Crippen LogP contribution in [0.15, 0.2) is 47.3 Å². The van der Waals surface area contributed by atoms with Gasteiger partial charge in [0.2, 0.25) is 5.91 Å². The fourth-order valence-corrected chi connectivity index (χ4v) is 4.86. The second-order valence-corrected chi connectivity index (χ2v) is 8.17. The van der Waals surface area contributed by atoms with E-state index in [1.807, 2.05) is 20.4 Å². The molecular formula is C22H28N2O2. The predicted molar refractivity (Wildman–Crippen MR) is 102 cm³/mol. The highest BCUT2D eigenvalue weighted by Gasteiger charge is 2.45. The number of likely N-dealkylation sites (tertiary alicyclic amines) is 1. The second kappa shape index (κ2) is 6.92. The summed E-state index contributed by atoms with van der Waals surface area (Å²) >= 11 is 0. The summed E-state index contributed by atoms with van der Waals surface area (Å²) in [7, 11) is 3.71. The summed E-state index contributed by atoms with van der Waals surface area (Å²) in [4.78, 5) is 16.6. The largest absolute Gasteiger partial charge is 0.472 e. The quantitative estimate of drug-likeness (QED) is 0.840. The Morgan fingerprint density at radius 3 is 2.69 bits per heavy atom. The van der Waals surface area contributed by atoms with Crippen molar-refractivity contribution in [1.29, 1.82) is 0 Å². The maximum absolute atomic E-state index is 12.3. The molecule has 2 aliphatic rings.